The van der Waals surface area contributed by atoms with Crippen LogP contribution in [-0.2, 0) is 16.2 Å². The Morgan fingerprint density at radius 1 is 1.15 bits per heavy atom. The third kappa shape index (κ3) is 5.91. The van der Waals surface area contributed by atoms with E-state index in [1.54, 1.807) is 12.2 Å². The molecule has 1 saturated heterocycles. The Balaban J connectivity index is 1.43. The molecule has 0 bridgehead atoms. The highest BCUT2D eigenvalue weighted by Crippen LogP contribution is 2.22. The van der Waals surface area contributed by atoms with Crippen LogP contribution in [0.2, 0.25) is 0 Å². The molecule has 1 aliphatic carbocycles. The van der Waals surface area contributed by atoms with E-state index >= 15 is 0 Å². The maximum Gasteiger partial charge on any atom is 0.246 e. The second-order valence-electron chi connectivity index (χ2n) is 7.65. The van der Waals surface area contributed by atoms with E-state index in [4.69, 9.17) is 5.11 Å². The summed E-state index contributed by atoms with van der Waals surface area (Å²) in [5.41, 5.74) is 0.868. The molecule has 1 aromatic rings. The number of hydrogen-bond donors (Lipinski definition) is 2. The molecular formula is C21H30N2O3S. The molecule has 2 heterocycles. The van der Waals surface area contributed by atoms with Crippen molar-refractivity contribution >= 4 is 29.2 Å². The Morgan fingerprint density at radius 3 is 2.48 bits per heavy atom. The SMILES string of the molecule is O=C(NC1CCCCCC1)C1CCN(C(=O)C=Cc2cc(CO)cs2)CC1. The van der Waals surface area contributed by atoms with Gasteiger partial charge >= 0.3 is 0 Å². The Kier molecular flexibility index (Phi) is 7.47. The van der Waals surface area contributed by atoms with Gasteiger partial charge in [-0.1, -0.05) is 25.7 Å². The molecule has 1 aliphatic heterocycles. The number of likely N-dealkylation sites (tertiary alicyclic amines) is 1. The van der Waals surface area contributed by atoms with Gasteiger partial charge < -0.3 is 15.3 Å². The first-order valence-corrected chi connectivity index (χ1v) is 11.0. The molecule has 0 atom stereocenters. The average molecular weight is 391 g/mol. The minimum absolute atomic E-state index is 0.00317. The van der Waals surface area contributed by atoms with Crippen LogP contribution < -0.4 is 5.32 Å². The Hall–Kier alpha value is -1.66. The number of thiophene rings is 1. The molecule has 0 aromatic carbocycles. The van der Waals surface area contributed by atoms with Crippen LogP contribution in [-0.4, -0.2) is 41.0 Å². The molecule has 0 radical (unpaired) electrons. The number of aliphatic hydroxyl groups excluding tert-OH is 1. The molecule has 3 rings (SSSR count). The molecule has 5 nitrogen and oxygen atoms in total. The normalized spacial score (nSPS) is 20.0. The van der Waals surface area contributed by atoms with Gasteiger partial charge in [0.05, 0.1) is 6.61 Å². The van der Waals surface area contributed by atoms with Gasteiger partial charge in [-0.2, -0.15) is 0 Å². The van der Waals surface area contributed by atoms with Gasteiger partial charge in [0.1, 0.15) is 0 Å². The van der Waals surface area contributed by atoms with Crippen molar-refractivity contribution in [2.24, 2.45) is 5.92 Å². The molecule has 2 aliphatic rings. The number of carbonyl (C=O) groups excluding carboxylic acids is 2. The van der Waals surface area contributed by atoms with Crippen LogP contribution in [0.5, 0.6) is 0 Å². The molecule has 2 fully saturated rings. The zero-order valence-corrected chi connectivity index (χ0v) is 16.7. The van der Waals surface area contributed by atoms with E-state index in [9.17, 15) is 9.59 Å². The van der Waals surface area contributed by atoms with Gasteiger partial charge in [-0.25, -0.2) is 0 Å². The first kappa shape index (κ1) is 20.1. The van der Waals surface area contributed by atoms with Gasteiger partial charge in [-0.3, -0.25) is 9.59 Å². The fraction of sp³-hybridized carbons (Fsp3) is 0.619. The summed E-state index contributed by atoms with van der Waals surface area (Å²) in [7, 11) is 0. The number of piperidine rings is 1. The van der Waals surface area contributed by atoms with E-state index in [0.29, 0.717) is 19.1 Å². The highest BCUT2D eigenvalue weighted by Gasteiger charge is 2.28. The number of aliphatic hydroxyl groups is 1. The molecule has 1 aromatic heterocycles. The number of nitrogens with zero attached hydrogens (tertiary/aromatic N) is 1. The Bertz CT molecular complexity index is 654. The van der Waals surface area contributed by atoms with Gasteiger partial charge in [0, 0.05) is 36.0 Å². The number of carbonyl (C=O) groups is 2. The van der Waals surface area contributed by atoms with Crippen LogP contribution in [0, 0.1) is 5.92 Å². The lowest BCUT2D eigenvalue weighted by molar-refractivity contribution is -0.132. The topological polar surface area (TPSA) is 69.6 Å². The van der Waals surface area contributed by atoms with Gasteiger partial charge in [-0.05, 0) is 48.8 Å². The van der Waals surface area contributed by atoms with Gasteiger partial charge in [0.2, 0.25) is 11.8 Å². The first-order valence-electron chi connectivity index (χ1n) is 10.1. The van der Waals surface area contributed by atoms with Crippen molar-refractivity contribution in [2.75, 3.05) is 13.1 Å². The van der Waals surface area contributed by atoms with Gasteiger partial charge in [0.25, 0.3) is 0 Å². The van der Waals surface area contributed by atoms with E-state index in [0.717, 1.165) is 36.1 Å². The van der Waals surface area contributed by atoms with Gasteiger partial charge in [0.15, 0.2) is 0 Å². The summed E-state index contributed by atoms with van der Waals surface area (Å²) >= 11 is 1.51. The van der Waals surface area contributed by atoms with E-state index in [-0.39, 0.29) is 24.3 Å². The van der Waals surface area contributed by atoms with Crippen molar-refractivity contribution in [1.82, 2.24) is 10.2 Å². The zero-order valence-electron chi connectivity index (χ0n) is 15.9. The minimum atomic E-state index is -0.00317. The molecule has 2 amide bonds. The highest BCUT2D eigenvalue weighted by molar-refractivity contribution is 7.11. The number of nitrogens with one attached hydrogen (secondary N) is 1. The summed E-state index contributed by atoms with van der Waals surface area (Å²) in [6.45, 7) is 1.30. The van der Waals surface area contributed by atoms with Crippen molar-refractivity contribution in [3.05, 3.63) is 28.0 Å². The lowest BCUT2D eigenvalue weighted by Crippen LogP contribution is -2.45. The zero-order chi connectivity index (χ0) is 19.1. The first-order chi connectivity index (χ1) is 13.2. The molecule has 0 spiro atoms. The molecule has 2 N–H and O–H groups in total. The van der Waals surface area contributed by atoms with Crippen LogP contribution in [0.1, 0.15) is 61.8 Å². The number of hydrogen-bond acceptors (Lipinski definition) is 4. The predicted octanol–water partition coefficient (Wildman–Crippen LogP) is 3.33. The predicted molar refractivity (Wildman–Crippen MR) is 108 cm³/mol. The maximum absolute atomic E-state index is 12.5. The number of amides is 2. The fourth-order valence-corrected chi connectivity index (χ4v) is 4.72. The molecule has 1 saturated carbocycles. The van der Waals surface area contributed by atoms with E-state index < -0.39 is 0 Å². The fourth-order valence-electron chi connectivity index (χ4n) is 3.93. The highest BCUT2D eigenvalue weighted by atomic mass is 32.1. The smallest absolute Gasteiger partial charge is 0.246 e. The van der Waals surface area contributed by atoms with Crippen LogP contribution >= 0.6 is 11.3 Å². The maximum atomic E-state index is 12.5. The van der Waals surface area contributed by atoms with Crippen LogP contribution in [0.3, 0.4) is 0 Å². The third-order valence-corrected chi connectivity index (χ3v) is 6.57. The largest absolute Gasteiger partial charge is 0.392 e. The van der Waals surface area contributed by atoms with Crippen molar-refractivity contribution in [3.63, 3.8) is 0 Å². The Labute approximate surface area is 165 Å². The van der Waals surface area contributed by atoms with Crippen molar-refractivity contribution in [1.29, 1.82) is 0 Å². The monoisotopic (exact) mass is 390 g/mol. The van der Waals surface area contributed by atoms with Crippen molar-refractivity contribution in [3.8, 4) is 0 Å². The molecule has 0 unspecified atom stereocenters. The van der Waals surface area contributed by atoms with Gasteiger partial charge in [-0.15, -0.1) is 11.3 Å². The summed E-state index contributed by atoms with van der Waals surface area (Å²) < 4.78 is 0. The second kappa shape index (κ2) is 10.0. The summed E-state index contributed by atoms with van der Waals surface area (Å²) in [4.78, 5) is 27.7. The molecule has 148 valence electrons. The minimum Gasteiger partial charge on any atom is -0.392 e. The molecular weight excluding hydrogens is 360 g/mol. The lowest BCUT2D eigenvalue weighted by atomic mass is 9.95. The Morgan fingerprint density at radius 2 is 1.85 bits per heavy atom. The summed E-state index contributed by atoms with van der Waals surface area (Å²) in [5, 5.41) is 14.2. The second-order valence-corrected chi connectivity index (χ2v) is 8.59. The van der Waals surface area contributed by atoms with Crippen LogP contribution in [0.15, 0.2) is 17.5 Å². The summed E-state index contributed by atoms with van der Waals surface area (Å²) in [6.07, 6.45) is 12.1. The van der Waals surface area contributed by atoms with Crippen molar-refractivity contribution < 1.29 is 14.7 Å². The van der Waals surface area contributed by atoms with E-state index in [1.165, 1.54) is 37.0 Å². The lowest BCUT2D eigenvalue weighted by Gasteiger charge is -2.31. The van der Waals surface area contributed by atoms with E-state index in [1.807, 2.05) is 16.3 Å². The average Bonchev–Trinajstić information content (AvgIpc) is 3.01. The standard InChI is InChI=1S/C21H30N2O3S/c24-14-16-13-19(27-15-16)7-8-20(25)23-11-9-17(10-12-23)21(26)22-18-5-3-1-2-4-6-18/h7-8,13,15,17-18,24H,1-6,9-12,14H2,(H,22,26). The number of rotatable bonds is 5. The summed E-state index contributed by atoms with van der Waals surface area (Å²) in [5.74, 6) is 0.210. The van der Waals surface area contributed by atoms with Crippen molar-refractivity contribution in [2.45, 2.75) is 64.0 Å². The quantitative estimate of drug-likeness (QED) is 0.598. The molecule has 6 heteroatoms. The molecule has 27 heavy (non-hydrogen) atoms. The third-order valence-electron chi connectivity index (χ3n) is 5.63. The van der Waals surface area contributed by atoms with E-state index in [2.05, 4.69) is 5.32 Å². The summed E-state index contributed by atoms with van der Waals surface area (Å²) in [6, 6.07) is 2.23. The van der Waals surface area contributed by atoms with Crippen LogP contribution in [0.4, 0.5) is 0 Å². The van der Waals surface area contributed by atoms with Crippen LogP contribution in [0.25, 0.3) is 6.08 Å².